The van der Waals surface area contributed by atoms with Gasteiger partial charge in [0.2, 0.25) is 5.89 Å². The van der Waals surface area contributed by atoms with Crippen LogP contribution in [0.15, 0.2) is 4.52 Å². The summed E-state index contributed by atoms with van der Waals surface area (Å²) in [6, 6.07) is 0. The summed E-state index contributed by atoms with van der Waals surface area (Å²) in [5, 5.41) is 3.86. The smallest absolute Gasteiger partial charge is 0.282 e. The van der Waals surface area contributed by atoms with Crippen molar-refractivity contribution in [1.82, 2.24) is 18.8 Å². The first-order valence-electron chi connectivity index (χ1n) is 7.00. The summed E-state index contributed by atoms with van der Waals surface area (Å²) in [4.78, 5) is 4.22. The molecular weight excluding hydrogens is 296 g/mol. The second kappa shape index (κ2) is 6.82. The molecule has 2 rings (SSSR count). The molecule has 9 heteroatoms. The van der Waals surface area contributed by atoms with Crippen molar-refractivity contribution in [2.75, 3.05) is 33.4 Å². The van der Waals surface area contributed by atoms with Crippen molar-refractivity contribution in [2.45, 2.75) is 26.8 Å². The maximum Gasteiger partial charge on any atom is 0.282 e. The summed E-state index contributed by atoms with van der Waals surface area (Å²) in [6.45, 7) is 5.78. The average Bonchev–Trinajstić information content (AvgIpc) is 2.86. The lowest BCUT2D eigenvalue weighted by Gasteiger charge is -2.29. The van der Waals surface area contributed by atoms with Gasteiger partial charge in [-0.2, -0.15) is 22.0 Å². The Morgan fingerprint density at radius 2 is 2.00 bits per heavy atom. The van der Waals surface area contributed by atoms with Crippen LogP contribution in [-0.2, 0) is 27.9 Å². The lowest BCUT2D eigenvalue weighted by Crippen LogP contribution is -2.47. The lowest BCUT2D eigenvalue weighted by atomic mass is 10.1. The van der Waals surface area contributed by atoms with Gasteiger partial charge in [-0.3, -0.25) is 0 Å². The van der Waals surface area contributed by atoms with E-state index < -0.39 is 10.2 Å². The molecule has 1 saturated heterocycles. The summed E-state index contributed by atoms with van der Waals surface area (Å²) < 4.78 is 37.7. The molecule has 120 valence electrons. The van der Waals surface area contributed by atoms with Crippen LogP contribution in [-0.4, -0.2) is 60.5 Å². The van der Waals surface area contributed by atoms with Crippen LogP contribution in [0.2, 0.25) is 0 Å². The molecule has 0 unspecified atom stereocenters. The maximum absolute atomic E-state index is 12.4. The summed E-state index contributed by atoms with van der Waals surface area (Å²) in [6.07, 6.45) is 0.712. The van der Waals surface area contributed by atoms with Crippen molar-refractivity contribution in [3.05, 3.63) is 11.7 Å². The van der Waals surface area contributed by atoms with Crippen molar-refractivity contribution in [3.8, 4) is 0 Å². The number of aromatic nitrogens is 2. The van der Waals surface area contributed by atoms with E-state index in [1.54, 1.807) is 0 Å². The summed E-state index contributed by atoms with van der Waals surface area (Å²) >= 11 is 0. The van der Waals surface area contributed by atoms with E-state index in [0.717, 1.165) is 0 Å². The molecular formula is C12H22N4O4S. The number of rotatable bonds is 6. The van der Waals surface area contributed by atoms with E-state index in [1.165, 1.54) is 15.7 Å². The van der Waals surface area contributed by atoms with Gasteiger partial charge in [-0.25, -0.2) is 0 Å². The molecule has 1 fully saturated rings. The van der Waals surface area contributed by atoms with Gasteiger partial charge in [-0.1, -0.05) is 19.0 Å². The fourth-order valence-electron chi connectivity index (χ4n) is 2.05. The van der Waals surface area contributed by atoms with Gasteiger partial charge < -0.3 is 9.26 Å². The predicted molar refractivity (Wildman–Crippen MR) is 75.6 cm³/mol. The van der Waals surface area contributed by atoms with Crippen LogP contribution in [0.4, 0.5) is 0 Å². The number of hydrogen-bond acceptors (Lipinski definition) is 6. The second-order valence-electron chi connectivity index (χ2n) is 5.48. The van der Waals surface area contributed by atoms with E-state index in [-0.39, 0.29) is 6.54 Å². The molecule has 0 N–H and O–H groups in total. The molecule has 0 aliphatic carbocycles. The van der Waals surface area contributed by atoms with Crippen LogP contribution in [0, 0.1) is 5.92 Å². The molecule has 1 aliphatic heterocycles. The van der Waals surface area contributed by atoms with Crippen molar-refractivity contribution in [2.24, 2.45) is 5.92 Å². The van der Waals surface area contributed by atoms with E-state index in [0.29, 0.717) is 50.4 Å². The fourth-order valence-corrected chi connectivity index (χ4v) is 3.33. The van der Waals surface area contributed by atoms with E-state index in [1.807, 2.05) is 0 Å². The molecule has 1 aromatic heterocycles. The zero-order valence-corrected chi connectivity index (χ0v) is 13.5. The van der Waals surface area contributed by atoms with Gasteiger partial charge >= 0.3 is 0 Å². The van der Waals surface area contributed by atoms with Gasteiger partial charge in [0.05, 0.1) is 19.8 Å². The molecule has 0 spiro atoms. The molecule has 1 aliphatic rings. The maximum atomic E-state index is 12.4. The largest absolute Gasteiger partial charge is 0.379 e. The van der Waals surface area contributed by atoms with Crippen molar-refractivity contribution in [3.63, 3.8) is 0 Å². The molecule has 0 aromatic carbocycles. The molecule has 0 radical (unpaired) electrons. The van der Waals surface area contributed by atoms with Crippen LogP contribution in [0.3, 0.4) is 0 Å². The van der Waals surface area contributed by atoms with Gasteiger partial charge in [-0.05, 0) is 5.92 Å². The Morgan fingerprint density at radius 1 is 1.33 bits per heavy atom. The van der Waals surface area contributed by atoms with E-state index >= 15 is 0 Å². The highest BCUT2D eigenvalue weighted by Crippen LogP contribution is 2.13. The first-order valence-corrected chi connectivity index (χ1v) is 8.40. The van der Waals surface area contributed by atoms with Crippen LogP contribution >= 0.6 is 0 Å². The number of ether oxygens (including phenoxy) is 1. The normalized spacial score (nSPS) is 17.8. The first-order chi connectivity index (χ1) is 9.89. The summed E-state index contributed by atoms with van der Waals surface area (Å²) in [5.41, 5.74) is 0. The molecule has 0 atom stereocenters. The van der Waals surface area contributed by atoms with Gasteiger partial charge in [-0.15, -0.1) is 0 Å². The Morgan fingerprint density at radius 3 is 2.62 bits per heavy atom. The van der Waals surface area contributed by atoms with Gasteiger partial charge in [0.25, 0.3) is 10.2 Å². The Labute approximate surface area is 125 Å². The van der Waals surface area contributed by atoms with Crippen LogP contribution in [0.1, 0.15) is 25.6 Å². The van der Waals surface area contributed by atoms with Crippen LogP contribution in [0.25, 0.3) is 0 Å². The third-order valence-corrected chi connectivity index (χ3v) is 5.08. The quantitative estimate of drug-likeness (QED) is 0.748. The van der Waals surface area contributed by atoms with Gasteiger partial charge in [0, 0.05) is 26.6 Å². The zero-order valence-electron chi connectivity index (χ0n) is 12.7. The highest BCUT2D eigenvalue weighted by molar-refractivity contribution is 7.86. The monoisotopic (exact) mass is 318 g/mol. The van der Waals surface area contributed by atoms with E-state index in [4.69, 9.17) is 9.26 Å². The molecule has 0 bridgehead atoms. The minimum Gasteiger partial charge on any atom is -0.379 e. The van der Waals surface area contributed by atoms with Crippen LogP contribution in [0.5, 0.6) is 0 Å². The standard InChI is InChI=1S/C12H22N4O4S/c1-10(2)8-11-13-12(20-14-11)9-15(3)21(17,18)16-4-6-19-7-5-16/h10H,4-9H2,1-3H3. The molecule has 0 saturated carbocycles. The molecule has 2 heterocycles. The van der Waals surface area contributed by atoms with Crippen molar-refractivity contribution in [1.29, 1.82) is 0 Å². The number of morpholine rings is 1. The molecule has 0 amide bonds. The SMILES string of the molecule is CC(C)Cc1noc(CN(C)S(=O)(=O)N2CCOCC2)n1. The first kappa shape index (κ1) is 16.3. The minimum atomic E-state index is -3.52. The molecule has 1 aromatic rings. The van der Waals surface area contributed by atoms with E-state index in [2.05, 4.69) is 24.0 Å². The minimum absolute atomic E-state index is 0.0742. The highest BCUT2D eigenvalue weighted by atomic mass is 32.2. The Balaban J connectivity index is 1.99. The van der Waals surface area contributed by atoms with Gasteiger partial charge in [0.15, 0.2) is 5.82 Å². The second-order valence-corrected chi connectivity index (χ2v) is 7.51. The lowest BCUT2D eigenvalue weighted by molar-refractivity contribution is 0.0703. The summed E-state index contributed by atoms with van der Waals surface area (Å²) in [5.74, 6) is 1.34. The topological polar surface area (TPSA) is 88.8 Å². The molecule has 21 heavy (non-hydrogen) atoms. The number of hydrogen-bond donors (Lipinski definition) is 0. The number of nitrogens with zero attached hydrogens (tertiary/aromatic N) is 4. The third kappa shape index (κ3) is 4.22. The fraction of sp³-hybridized carbons (Fsp3) is 0.833. The summed E-state index contributed by atoms with van der Waals surface area (Å²) in [7, 11) is -2.00. The van der Waals surface area contributed by atoms with Crippen LogP contribution < -0.4 is 0 Å². The van der Waals surface area contributed by atoms with Gasteiger partial charge in [0.1, 0.15) is 0 Å². The van der Waals surface area contributed by atoms with Crippen molar-refractivity contribution >= 4 is 10.2 Å². The Hall–Kier alpha value is -1.03. The predicted octanol–water partition coefficient (Wildman–Crippen LogP) is 0.277. The highest BCUT2D eigenvalue weighted by Gasteiger charge is 2.29. The molecule has 8 nitrogen and oxygen atoms in total. The van der Waals surface area contributed by atoms with Crippen molar-refractivity contribution < 1.29 is 17.7 Å². The Bertz CT molecular complexity index is 551. The third-order valence-electron chi connectivity index (χ3n) is 3.15. The Kier molecular flexibility index (Phi) is 5.31. The van der Waals surface area contributed by atoms with E-state index in [9.17, 15) is 8.42 Å². The zero-order chi connectivity index (χ0) is 15.5. The average molecular weight is 318 g/mol.